The van der Waals surface area contributed by atoms with Crippen LogP contribution in [0.25, 0.3) is 0 Å². The summed E-state index contributed by atoms with van der Waals surface area (Å²) in [6.45, 7) is 2.38. The Bertz CT molecular complexity index is 757. The Balaban J connectivity index is 1.66. The Hall–Kier alpha value is -2.67. The van der Waals surface area contributed by atoms with Crippen molar-refractivity contribution in [2.45, 2.75) is 13.1 Å². The fraction of sp³-hybridized carbons (Fsp3) is 0.333. The molecule has 0 saturated carbocycles. The van der Waals surface area contributed by atoms with Crippen molar-refractivity contribution in [3.63, 3.8) is 0 Å². The predicted molar refractivity (Wildman–Crippen MR) is 89.2 cm³/mol. The highest BCUT2D eigenvalue weighted by Crippen LogP contribution is 2.17. The molecule has 0 radical (unpaired) electrons. The molecule has 1 aliphatic rings. The molecule has 25 heavy (non-hydrogen) atoms. The lowest BCUT2D eigenvalue weighted by atomic mass is 10.1. The van der Waals surface area contributed by atoms with E-state index in [1.54, 1.807) is 30.1 Å². The molecule has 1 fully saturated rings. The van der Waals surface area contributed by atoms with Crippen molar-refractivity contribution in [1.82, 2.24) is 15.1 Å². The van der Waals surface area contributed by atoms with Gasteiger partial charge in [-0.05, 0) is 23.8 Å². The number of nitrogens with zero attached hydrogens (tertiary/aromatic N) is 2. The van der Waals surface area contributed by atoms with Crippen molar-refractivity contribution < 1.29 is 18.4 Å². The summed E-state index contributed by atoms with van der Waals surface area (Å²) in [6, 6.07) is 7.70. The molecule has 2 amide bonds. The molecule has 1 aliphatic heterocycles. The number of nitrogens with one attached hydrogen (secondary N) is 1. The van der Waals surface area contributed by atoms with E-state index < -0.39 is 0 Å². The summed E-state index contributed by atoms with van der Waals surface area (Å²) in [4.78, 5) is 27.7. The zero-order chi connectivity index (χ0) is 17.8. The Kier molecular flexibility index (Phi) is 5.14. The Morgan fingerprint density at radius 3 is 2.80 bits per heavy atom. The third-order valence-corrected chi connectivity index (χ3v) is 4.14. The van der Waals surface area contributed by atoms with Crippen molar-refractivity contribution >= 4 is 11.8 Å². The summed E-state index contributed by atoms with van der Waals surface area (Å²) >= 11 is 0. The lowest BCUT2D eigenvalue weighted by Gasteiger charge is -2.26. The minimum atomic E-state index is -0.305. The number of halogens is 1. The van der Waals surface area contributed by atoms with Crippen LogP contribution in [0.5, 0.6) is 0 Å². The van der Waals surface area contributed by atoms with Gasteiger partial charge in [-0.3, -0.25) is 14.5 Å². The van der Waals surface area contributed by atoms with Crippen LogP contribution in [-0.2, 0) is 17.9 Å². The van der Waals surface area contributed by atoms with Gasteiger partial charge in [0, 0.05) is 26.7 Å². The highest BCUT2D eigenvalue weighted by molar-refractivity contribution is 5.95. The smallest absolute Gasteiger partial charge is 0.257 e. The van der Waals surface area contributed by atoms with Crippen LogP contribution in [-0.4, -0.2) is 48.3 Å². The van der Waals surface area contributed by atoms with Gasteiger partial charge in [-0.15, -0.1) is 0 Å². The summed E-state index contributed by atoms with van der Waals surface area (Å²) in [5, 5.41) is 2.77. The van der Waals surface area contributed by atoms with Gasteiger partial charge >= 0.3 is 0 Å². The first kappa shape index (κ1) is 17.2. The first-order valence-electron chi connectivity index (χ1n) is 8.08. The number of amides is 2. The maximum atomic E-state index is 13.0. The van der Waals surface area contributed by atoms with E-state index in [-0.39, 0.29) is 17.6 Å². The third kappa shape index (κ3) is 4.24. The van der Waals surface area contributed by atoms with Crippen LogP contribution in [0.1, 0.15) is 21.7 Å². The SMILES string of the molecule is CN(Cc1ccc(F)cc1)C(=O)c1ccoc1CN1CCNC(=O)C1. The van der Waals surface area contributed by atoms with Crippen LogP contribution in [0.3, 0.4) is 0 Å². The van der Waals surface area contributed by atoms with E-state index in [4.69, 9.17) is 4.42 Å². The molecule has 7 heteroatoms. The third-order valence-electron chi connectivity index (χ3n) is 4.14. The summed E-state index contributed by atoms with van der Waals surface area (Å²) < 4.78 is 18.5. The maximum Gasteiger partial charge on any atom is 0.257 e. The van der Waals surface area contributed by atoms with E-state index in [1.165, 1.54) is 18.4 Å². The van der Waals surface area contributed by atoms with Crippen molar-refractivity contribution in [2.24, 2.45) is 0 Å². The molecular weight excluding hydrogens is 325 g/mol. The molecule has 0 unspecified atom stereocenters. The summed E-state index contributed by atoms with van der Waals surface area (Å²) in [5.74, 6) is 0.0414. The van der Waals surface area contributed by atoms with Crippen LogP contribution in [0.15, 0.2) is 41.0 Å². The molecular formula is C18H20FN3O3. The van der Waals surface area contributed by atoms with Crippen molar-refractivity contribution in [3.05, 3.63) is 59.3 Å². The molecule has 1 N–H and O–H groups in total. The van der Waals surface area contributed by atoms with Gasteiger partial charge in [-0.2, -0.15) is 0 Å². The zero-order valence-electron chi connectivity index (χ0n) is 14.0. The normalized spacial score (nSPS) is 15.0. The average molecular weight is 345 g/mol. The van der Waals surface area contributed by atoms with Gasteiger partial charge < -0.3 is 14.6 Å². The van der Waals surface area contributed by atoms with Gasteiger partial charge in [0.1, 0.15) is 11.6 Å². The molecule has 0 aliphatic carbocycles. The molecule has 1 aromatic heterocycles. The molecule has 0 spiro atoms. The Labute approximate surface area is 145 Å². The van der Waals surface area contributed by atoms with Crippen LogP contribution >= 0.6 is 0 Å². The summed E-state index contributed by atoms with van der Waals surface area (Å²) in [7, 11) is 1.69. The number of furan rings is 1. The van der Waals surface area contributed by atoms with Gasteiger partial charge in [0.05, 0.1) is 24.9 Å². The van der Waals surface area contributed by atoms with Crippen LogP contribution in [0, 0.1) is 5.82 Å². The number of hydrogen-bond donors (Lipinski definition) is 1. The minimum absolute atomic E-state index is 0.0286. The molecule has 6 nitrogen and oxygen atoms in total. The van der Waals surface area contributed by atoms with Gasteiger partial charge in [0.15, 0.2) is 0 Å². The van der Waals surface area contributed by atoms with Gasteiger partial charge in [-0.1, -0.05) is 12.1 Å². The van der Waals surface area contributed by atoms with Crippen molar-refractivity contribution in [3.8, 4) is 0 Å². The molecule has 2 aromatic rings. The number of benzene rings is 1. The highest BCUT2D eigenvalue weighted by Gasteiger charge is 2.23. The zero-order valence-corrected chi connectivity index (χ0v) is 14.0. The van der Waals surface area contributed by atoms with Crippen LogP contribution in [0.4, 0.5) is 4.39 Å². The quantitative estimate of drug-likeness (QED) is 0.894. The number of piperazine rings is 1. The summed E-state index contributed by atoms with van der Waals surface area (Å²) in [5.41, 5.74) is 1.32. The molecule has 1 aromatic carbocycles. The second-order valence-electron chi connectivity index (χ2n) is 6.11. The van der Waals surface area contributed by atoms with E-state index in [2.05, 4.69) is 5.32 Å². The van der Waals surface area contributed by atoms with Gasteiger partial charge in [0.25, 0.3) is 5.91 Å². The monoisotopic (exact) mass is 345 g/mol. The molecule has 0 bridgehead atoms. The van der Waals surface area contributed by atoms with Gasteiger partial charge in [-0.25, -0.2) is 4.39 Å². The number of carbonyl (C=O) groups is 2. The first-order chi connectivity index (χ1) is 12.0. The van der Waals surface area contributed by atoms with Gasteiger partial charge in [0.2, 0.25) is 5.91 Å². The first-order valence-corrected chi connectivity index (χ1v) is 8.08. The lowest BCUT2D eigenvalue weighted by Crippen LogP contribution is -2.47. The van der Waals surface area contributed by atoms with Crippen molar-refractivity contribution in [2.75, 3.05) is 26.7 Å². The second kappa shape index (κ2) is 7.48. The largest absolute Gasteiger partial charge is 0.467 e. The molecule has 132 valence electrons. The van der Waals surface area contributed by atoms with E-state index in [0.717, 1.165) is 5.56 Å². The second-order valence-corrected chi connectivity index (χ2v) is 6.11. The number of carbonyl (C=O) groups excluding carboxylic acids is 2. The number of rotatable bonds is 5. The molecule has 2 heterocycles. The average Bonchev–Trinajstić information content (AvgIpc) is 3.04. The van der Waals surface area contributed by atoms with E-state index >= 15 is 0 Å². The fourth-order valence-corrected chi connectivity index (χ4v) is 2.82. The standard InChI is InChI=1S/C18H20FN3O3/c1-21(10-13-2-4-14(19)5-3-13)18(24)15-6-9-25-16(15)11-22-8-7-20-17(23)12-22/h2-6,9H,7-8,10-12H2,1H3,(H,20,23). The predicted octanol–water partition coefficient (Wildman–Crippen LogP) is 1.62. The van der Waals surface area contributed by atoms with E-state index in [0.29, 0.717) is 44.0 Å². The van der Waals surface area contributed by atoms with Crippen molar-refractivity contribution in [1.29, 1.82) is 0 Å². The Morgan fingerprint density at radius 2 is 2.08 bits per heavy atom. The van der Waals surface area contributed by atoms with E-state index in [1.807, 2.05) is 4.90 Å². The lowest BCUT2D eigenvalue weighted by molar-refractivity contribution is -0.124. The molecule has 3 rings (SSSR count). The molecule has 1 saturated heterocycles. The highest BCUT2D eigenvalue weighted by atomic mass is 19.1. The molecule has 0 atom stereocenters. The van der Waals surface area contributed by atoms with E-state index in [9.17, 15) is 14.0 Å². The fourth-order valence-electron chi connectivity index (χ4n) is 2.82. The Morgan fingerprint density at radius 1 is 1.32 bits per heavy atom. The van der Waals surface area contributed by atoms with Crippen LogP contribution < -0.4 is 5.32 Å². The summed E-state index contributed by atoms with van der Waals surface area (Å²) in [6.07, 6.45) is 1.48. The maximum absolute atomic E-state index is 13.0. The minimum Gasteiger partial charge on any atom is -0.467 e. The number of hydrogen-bond acceptors (Lipinski definition) is 4. The van der Waals surface area contributed by atoms with Crippen LogP contribution in [0.2, 0.25) is 0 Å². The topological polar surface area (TPSA) is 65.8 Å².